The van der Waals surface area contributed by atoms with Crippen LogP contribution in [0.1, 0.15) is 26.3 Å². The van der Waals surface area contributed by atoms with Crippen LogP contribution in [0.2, 0.25) is 5.02 Å². The molecule has 0 atom stereocenters. The van der Waals surface area contributed by atoms with Crippen molar-refractivity contribution in [3.05, 3.63) is 64.2 Å². The Morgan fingerprint density at radius 1 is 1.04 bits per heavy atom. The number of hydrogen-bond acceptors (Lipinski definition) is 4. The van der Waals surface area contributed by atoms with Crippen molar-refractivity contribution in [3.8, 4) is 11.5 Å². The molecule has 0 aliphatic heterocycles. The molecule has 0 bridgehead atoms. The maximum atomic E-state index is 12.4. The number of hydrogen-bond donors (Lipinski definition) is 1. The quantitative estimate of drug-likeness (QED) is 0.633. The first-order chi connectivity index (χ1) is 11.5. The zero-order valence-corrected chi connectivity index (χ0v) is 13.8. The smallest absolute Gasteiger partial charge is 0.335 e. The van der Waals surface area contributed by atoms with Gasteiger partial charge in [-0.05, 0) is 29.8 Å². The van der Waals surface area contributed by atoms with Gasteiger partial charge in [0.25, 0.3) is 0 Å². The Morgan fingerprint density at radius 3 is 2.21 bits per heavy atom. The van der Waals surface area contributed by atoms with Crippen LogP contribution in [0.15, 0.2) is 42.5 Å². The fourth-order valence-corrected chi connectivity index (χ4v) is 2.29. The van der Waals surface area contributed by atoms with Crippen molar-refractivity contribution in [2.24, 2.45) is 0 Å². The number of carbonyl (C=O) groups is 2. The van der Waals surface area contributed by atoms with E-state index in [1.165, 1.54) is 38.5 Å². The first kappa shape index (κ1) is 17.6. The molecule has 0 amide bonds. The molecule has 0 saturated carbocycles. The minimum absolute atomic E-state index is 0.182. The zero-order chi connectivity index (χ0) is 17.7. The van der Waals surface area contributed by atoms with Crippen LogP contribution in [0, 0.1) is 0 Å². The van der Waals surface area contributed by atoms with Crippen molar-refractivity contribution in [2.75, 3.05) is 14.2 Å². The van der Waals surface area contributed by atoms with Crippen molar-refractivity contribution in [1.29, 1.82) is 0 Å². The van der Waals surface area contributed by atoms with Crippen molar-refractivity contribution >= 4 is 29.4 Å². The number of carboxylic acid groups (broad SMARTS) is 1. The lowest BCUT2D eigenvalue weighted by molar-refractivity contribution is 0.0696. The second-order valence-electron chi connectivity index (χ2n) is 4.81. The van der Waals surface area contributed by atoms with Crippen LogP contribution in [0.3, 0.4) is 0 Å². The molecule has 0 aromatic heterocycles. The maximum absolute atomic E-state index is 12.4. The summed E-state index contributed by atoms with van der Waals surface area (Å²) in [5.41, 5.74) is 1.19. The highest BCUT2D eigenvalue weighted by Crippen LogP contribution is 2.33. The van der Waals surface area contributed by atoms with Gasteiger partial charge in [-0.15, -0.1) is 0 Å². The first-order valence-corrected chi connectivity index (χ1v) is 7.31. The lowest BCUT2D eigenvalue weighted by Gasteiger charge is -2.10. The summed E-state index contributed by atoms with van der Waals surface area (Å²) in [5.74, 6) is -0.525. The second kappa shape index (κ2) is 7.66. The Balaban J connectivity index is 2.25. The van der Waals surface area contributed by atoms with Crippen LogP contribution in [-0.4, -0.2) is 31.1 Å². The van der Waals surface area contributed by atoms with Gasteiger partial charge in [0.2, 0.25) is 0 Å². The molecule has 0 fully saturated rings. The number of ketones is 1. The van der Waals surface area contributed by atoms with Gasteiger partial charge in [0.15, 0.2) is 5.78 Å². The van der Waals surface area contributed by atoms with E-state index < -0.39 is 5.97 Å². The second-order valence-corrected chi connectivity index (χ2v) is 5.22. The molecule has 2 aromatic carbocycles. The van der Waals surface area contributed by atoms with Crippen LogP contribution in [0.4, 0.5) is 0 Å². The number of ether oxygens (including phenoxy) is 2. The predicted molar refractivity (Wildman–Crippen MR) is 91.3 cm³/mol. The molecule has 0 spiro atoms. The molecule has 124 valence electrons. The fraction of sp³-hybridized carbons (Fsp3) is 0.111. The molecule has 2 rings (SSSR count). The number of halogens is 1. The number of carbonyl (C=O) groups excluding carboxylic acids is 1. The third kappa shape index (κ3) is 3.94. The molecule has 0 aliphatic rings. The Bertz CT molecular complexity index is 794. The molecule has 0 saturated heterocycles. The Morgan fingerprint density at radius 2 is 1.67 bits per heavy atom. The van der Waals surface area contributed by atoms with Crippen molar-refractivity contribution in [1.82, 2.24) is 0 Å². The van der Waals surface area contributed by atoms with E-state index in [1.54, 1.807) is 24.3 Å². The van der Waals surface area contributed by atoms with Gasteiger partial charge < -0.3 is 14.6 Å². The van der Waals surface area contributed by atoms with E-state index in [-0.39, 0.29) is 11.3 Å². The predicted octanol–water partition coefficient (Wildman–Crippen LogP) is 3.95. The van der Waals surface area contributed by atoms with Gasteiger partial charge in [-0.3, -0.25) is 4.79 Å². The molecule has 0 radical (unpaired) electrons. The zero-order valence-electron chi connectivity index (χ0n) is 13.1. The molecule has 0 aliphatic carbocycles. The Hall–Kier alpha value is -2.79. The normalized spacial score (nSPS) is 10.6. The van der Waals surface area contributed by atoms with E-state index in [0.717, 1.165) is 0 Å². The molecule has 5 nitrogen and oxygen atoms in total. The highest BCUT2D eigenvalue weighted by Gasteiger charge is 2.14. The van der Waals surface area contributed by atoms with E-state index in [4.69, 9.17) is 26.2 Å². The topological polar surface area (TPSA) is 72.8 Å². The third-order valence-corrected chi connectivity index (χ3v) is 3.62. The lowest BCUT2D eigenvalue weighted by atomic mass is 10.1. The molecular weight excluding hydrogens is 332 g/mol. The minimum atomic E-state index is -1.00. The summed E-state index contributed by atoms with van der Waals surface area (Å²) < 4.78 is 10.3. The van der Waals surface area contributed by atoms with E-state index in [0.29, 0.717) is 27.6 Å². The summed E-state index contributed by atoms with van der Waals surface area (Å²) in [6.45, 7) is 0. The number of carboxylic acids is 1. The van der Waals surface area contributed by atoms with Crippen molar-refractivity contribution < 1.29 is 24.2 Å². The number of methoxy groups -OCH3 is 2. The molecule has 24 heavy (non-hydrogen) atoms. The first-order valence-electron chi connectivity index (χ1n) is 6.93. The number of rotatable bonds is 6. The summed E-state index contributed by atoms with van der Waals surface area (Å²) in [6.07, 6.45) is 2.96. The highest BCUT2D eigenvalue weighted by atomic mass is 35.5. The van der Waals surface area contributed by atoms with Crippen LogP contribution in [0.25, 0.3) is 6.08 Å². The van der Waals surface area contributed by atoms with Crippen molar-refractivity contribution in [2.45, 2.75) is 0 Å². The summed E-state index contributed by atoms with van der Waals surface area (Å²) in [5, 5.41) is 9.17. The minimum Gasteiger partial charge on any atom is -0.496 e. The van der Waals surface area contributed by atoms with Crippen LogP contribution in [0.5, 0.6) is 11.5 Å². The molecule has 0 unspecified atom stereocenters. The van der Waals surface area contributed by atoms with Crippen LogP contribution in [-0.2, 0) is 0 Å². The van der Waals surface area contributed by atoms with E-state index >= 15 is 0 Å². The van der Waals surface area contributed by atoms with Gasteiger partial charge in [0.05, 0.1) is 30.4 Å². The van der Waals surface area contributed by atoms with Gasteiger partial charge >= 0.3 is 5.97 Å². The van der Waals surface area contributed by atoms with E-state index in [9.17, 15) is 9.59 Å². The monoisotopic (exact) mass is 346 g/mol. The number of allylic oxidation sites excluding steroid dienone is 1. The molecule has 2 aromatic rings. The standard InChI is InChI=1S/C18H15ClO5/c1-23-16-10-17(24-2)14(19)9-13(16)15(20)8-5-11-3-6-12(7-4-11)18(21)22/h3-10H,1-2H3,(H,21,22)/b8-5+. The maximum Gasteiger partial charge on any atom is 0.335 e. The molecular formula is C18H15ClO5. The fourth-order valence-electron chi connectivity index (χ4n) is 2.05. The summed E-state index contributed by atoms with van der Waals surface area (Å²) >= 11 is 6.05. The Labute approximate surface area is 144 Å². The number of aromatic carboxylic acids is 1. The molecule has 1 N–H and O–H groups in total. The molecule has 0 heterocycles. The SMILES string of the molecule is COc1cc(OC)c(C(=O)/C=C/c2ccc(C(=O)O)cc2)cc1Cl. The largest absolute Gasteiger partial charge is 0.496 e. The third-order valence-electron chi connectivity index (χ3n) is 3.32. The van der Waals surface area contributed by atoms with E-state index in [1.807, 2.05) is 0 Å². The van der Waals surface area contributed by atoms with Crippen LogP contribution >= 0.6 is 11.6 Å². The van der Waals surface area contributed by atoms with E-state index in [2.05, 4.69) is 0 Å². The van der Waals surface area contributed by atoms with Gasteiger partial charge in [-0.25, -0.2) is 4.79 Å². The summed E-state index contributed by atoms with van der Waals surface area (Å²) in [7, 11) is 2.93. The number of benzene rings is 2. The van der Waals surface area contributed by atoms with Gasteiger partial charge in [0, 0.05) is 6.07 Å². The van der Waals surface area contributed by atoms with Gasteiger partial charge in [-0.1, -0.05) is 29.8 Å². The molecule has 6 heteroatoms. The average Bonchev–Trinajstić information content (AvgIpc) is 2.59. The van der Waals surface area contributed by atoms with Crippen LogP contribution < -0.4 is 9.47 Å². The Kier molecular flexibility index (Phi) is 5.60. The summed E-state index contributed by atoms with van der Waals surface area (Å²) in [6, 6.07) is 9.20. The van der Waals surface area contributed by atoms with Gasteiger partial charge in [-0.2, -0.15) is 0 Å². The van der Waals surface area contributed by atoms with Crippen molar-refractivity contribution in [3.63, 3.8) is 0 Å². The van der Waals surface area contributed by atoms with Gasteiger partial charge in [0.1, 0.15) is 11.5 Å². The summed E-state index contributed by atoms with van der Waals surface area (Å²) in [4.78, 5) is 23.2. The lowest BCUT2D eigenvalue weighted by Crippen LogP contribution is -2.00. The highest BCUT2D eigenvalue weighted by molar-refractivity contribution is 6.32. The average molecular weight is 347 g/mol.